The van der Waals surface area contributed by atoms with E-state index < -0.39 is 15.9 Å². The third kappa shape index (κ3) is 7.60. The van der Waals surface area contributed by atoms with E-state index in [0.717, 1.165) is 16.7 Å². The SMILES string of the molecule is Cc1ccc(S(=O)(=O)N(CCc2ccccc2)CC(=O)N/N=C/c2ccc(C(C)(C)C)cc2)cc1. The fourth-order valence-corrected chi connectivity index (χ4v) is 4.88. The molecule has 0 unspecified atom stereocenters. The summed E-state index contributed by atoms with van der Waals surface area (Å²) in [6, 6.07) is 24.2. The van der Waals surface area contributed by atoms with Gasteiger partial charge in [-0.3, -0.25) is 4.79 Å². The molecule has 0 saturated carbocycles. The van der Waals surface area contributed by atoms with Crippen molar-refractivity contribution in [2.45, 2.75) is 44.4 Å². The summed E-state index contributed by atoms with van der Waals surface area (Å²) in [5, 5.41) is 4.03. The van der Waals surface area contributed by atoms with Crippen molar-refractivity contribution in [2.75, 3.05) is 13.1 Å². The van der Waals surface area contributed by atoms with E-state index in [4.69, 9.17) is 0 Å². The zero-order valence-corrected chi connectivity index (χ0v) is 21.5. The number of carbonyl (C=O) groups is 1. The Morgan fingerprint density at radius 1 is 0.943 bits per heavy atom. The highest BCUT2D eigenvalue weighted by Crippen LogP contribution is 2.22. The molecule has 3 aromatic rings. The van der Waals surface area contributed by atoms with E-state index in [1.54, 1.807) is 30.5 Å². The van der Waals surface area contributed by atoms with Crippen LogP contribution in [0.2, 0.25) is 0 Å². The average Bonchev–Trinajstić information content (AvgIpc) is 2.82. The number of hydrogen-bond donors (Lipinski definition) is 1. The molecule has 1 amide bonds. The molecule has 3 rings (SSSR count). The minimum Gasteiger partial charge on any atom is -0.272 e. The lowest BCUT2D eigenvalue weighted by molar-refractivity contribution is -0.121. The lowest BCUT2D eigenvalue weighted by Crippen LogP contribution is -2.40. The highest BCUT2D eigenvalue weighted by molar-refractivity contribution is 7.89. The molecule has 0 aromatic heterocycles. The normalized spacial score (nSPS) is 12.3. The van der Waals surface area contributed by atoms with Crippen LogP contribution in [0.5, 0.6) is 0 Å². The van der Waals surface area contributed by atoms with Gasteiger partial charge in [0.05, 0.1) is 17.7 Å². The van der Waals surface area contributed by atoms with Crippen molar-refractivity contribution in [3.8, 4) is 0 Å². The zero-order valence-electron chi connectivity index (χ0n) is 20.7. The maximum Gasteiger partial charge on any atom is 0.255 e. The minimum absolute atomic E-state index is 0.0516. The van der Waals surface area contributed by atoms with Crippen LogP contribution in [0.4, 0.5) is 0 Å². The summed E-state index contributed by atoms with van der Waals surface area (Å²) in [5.74, 6) is -0.503. The Kier molecular flexibility index (Phi) is 8.59. The maximum atomic E-state index is 13.3. The Hall–Kier alpha value is -3.29. The molecule has 7 heteroatoms. The number of amides is 1. The predicted molar refractivity (Wildman–Crippen MR) is 141 cm³/mol. The minimum atomic E-state index is -3.86. The highest BCUT2D eigenvalue weighted by Gasteiger charge is 2.26. The van der Waals surface area contributed by atoms with Crippen LogP contribution in [-0.4, -0.2) is 37.9 Å². The van der Waals surface area contributed by atoms with E-state index in [1.807, 2.05) is 61.5 Å². The molecule has 0 radical (unpaired) electrons. The van der Waals surface area contributed by atoms with E-state index in [-0.39, 0.29) is 23.4 Å². The summed E-state index contributed by atoms with van der Waals surface area (Å²) in [6.07, 6.45) is 2.04. The molecule has 0 fully saturated rings. The Bertz CT molecular complexity index is 1250. The van der Waals surface area contributed by atoms with Crippen molar-refractivity contribution >= 4 is 22.1 Å². The summed E-state index contributed by atoms with van der Waals surface area (Å²) < 4.78 is 27.8. The van der Waals surface area contributed by atoms with E-state index in [2.05, 4.69) is 31.3 Å². The summed E-state index contributed by atoms with van der Waals surface area (Å²) in [5.41, 5.74) is 6.51. The summed E-state index contributed by atoms with van der Waals surface area (Å²) in [7, 11) is -3.86. The quantitative estimate of drug-likeness (QED) is 0.349. The number of sulfonamides is 1. The third-order valence-electron chi connectivity index (χ3n) is 5.65. The second kappa shape index (κ2) is 11.4. The fourth-order valence-electron chi connectivity index (χ4n) is 3.49. The summed E-state index contributed by atoms with van der Waals surface area (Å²) >= 11 is 0. The Morgan fingerprint density at radius 3 is 2.17 bits per heavy atom. The van der Waals surface area contributed by atoms with Gasteiger partial charge in [-0.05, 0) is 47.6 Å². The summed E-state index contributed by atoms with van der Waals surface area (Å²) in [6.45, 7) is 8.17. The molecular weight excluding hydrogens is 458 g/mol. The maximum absolute atomic E-state index is 13.3. The van der Waals surface area contributed by atoms with Crippen molar-refractivity contribution in [1.82, 2.24) is 9.73 Å². The predicted octanol–water partition coefficient (Wildman–Crippen LogP) is 4.68. The highest BCUT2D eigenvalue weighted by atomic mass is 32.2. The molecule has 0 atom stereocenters. The molecule has 0 bridgehead atoms. The lowest BCUT2D eigenvalue weighted by Gasteiger charge is -2.21. The molecule has 35 heavy (non-hydrogen) atoms. The molecule has 0 aliphatic heterocycles. The second-order valence-corrected chi connectivity index (χ2v) is 11.5. The number of carbonyl (C=O) groups excluding carboxylic acids is 1. The topological polar surface area (TPSA) is 78.8 Å². The number of benzene rings is 3. The number of hydrazone groups is 1. The van der Waals surface area contributed by atoms with Crippen LogP contribution in [0.25, 0.3) is 0 Å². The molecule has 0 heterocycles. The van der Waals surface area contributed by atoms with Crippen LogP contribution < -0.4 is 5.43 Å². The summed E-state index contributed by atoms with van der Waals surface area (Å²) in [4.78, 5) is 12.8. The molecule has 0 aliphatic rings. The van der Waals surface area contributed by atoms with Crippen molar-refractivity contribution < 1.29 is 13.2 Å². The van der Waals surface area contributed by atoms with Gasteiger partial charge in [-0.1, -0.05) is 93.1 Å². The number of nitrogens with zero attached hydrogens (tertiary/aromatic N) is 2. The molecule has 184 valence electrons. The molecule has 0 saturated heterocycles. The van der Waals surface area contributed by atoms with Crippen LogP contribution in [-0.2, 0) is 26.7 Å². The van der Waals surface area contributed by atoms with Crippen LogP contribution in [0.3, 0.4) is 0 Å². The first-order valence-electron chi connectivity index (χ1n) is 11.6. The molecular formula is C28H33N3O3S. The number of nitrogens with one attached hydrogen (secondary N) is 1. The van der Waals surface area contributed by atoms with Crippen molar-refractivity contribution in [1.29, 1.82) is 0 Å². The first-order chi connectivity index (χ1) is 16.6. The molecule has 1 N–H and O–H groups in total. The Morgan fingerprint density at radius 2 is 1.57 bits per heavy atom. The van der Waals surface area contributed by atoms with Crippen LogP contribution in [0, 0.1) is 6.92 Å². The third-order valence-corrected chi connectivity index (χ3v) is 7.51. The van der Waals surface area contributed by atoms with E-state index >= 15 is 0 Å². The molecule has 6 nitrogen and oxygen atoms in total. The van der Waals surface area contributed by atoms with Gasteiger partial charge in [0, 0.05) is 6.54 Å². The van der Waals surface area contributed by atoms with E-state index in [0.29, 0.717) is 6.42 Å². The van der Waals surface area contributed by atoms with Crippen molar-refractivity contribution in [3.05, 3.63) is 101 Å². The largest absolute Gasteiger partial charge is 0.272 e. The van der Waals surface area contributed by atoms with Crippen molar-refractivity contribution in [2.24, 2.45) is 5.10 Å². The van der Waals surface area contributed by atoms with Gasteiger partial charge >= 0.3 is 0 Å². The number of hydrogen-bond acceptors (Lipinski definition) is 4. The Balaban J connectivity index is 1.70. The number of rotatable bonds is 9. The first kappa shape index (κ1) is 26.3. The Labute approximate surface area is 208 Å². The van der Waals surface area contributed by atoms with E-state index in [9.17, 15) is 13.2 Å². The smallest absolute Gasteiger partial charge is 0.255 e. The van der Waals surface area contributed by atoms with Gasteiger partial charge in [-0.15, -0.1) is 0 Å². The molecule has 0 spiro atoms. The fraction of sp³-hybridized carbons (Fsp3) is 0.286. The zero-order chi connectivity index (χ0) is 25.5. The van der Waals surface area contributed by atoms with Gasteiger partial charge < -0.3 is 0 Å². The van der Waals surface area contributed by atoms with Gasteiger partial charge in [0.1, 0.15) is 0 Å². The van der Waals surface area contributed by atoms with E-state index in [1.165, 1.54) is 9.87 Å². The average molecular weight is 492 g/mol. The molecule has 3 aromatic carbocycles. The van der Waals surface area contributed by atoms with Gasteiger partial charge in [0.2, 0.25) is 10.0 Å². The number of aryl methyl sites for hydroxylation is 1. The standard InChI is InChI=1S/C28H33N3O3S/c1-22-10-16-26(17-11-22)35(33,34)31(19-18-23-8-6-5-7-9-23)21-27(32)30-29-20-24-12-14-25(15-13-24)28(2,3)4/h5-17,20H,18-19,21H2,1-4H3,(H,30,32)/b29-20+. The van der Waals surface area contributed by atoms with Crippen LogP contribution >= 0.6 is 0 Å². The van der Waals surface area contributed by atoms with Gasteiger partial charge in [0.25, 0.3) is 5.91 Å². The lowest BCUT2D eigenvalue weighted by atomic mass is 9.87. The van der Waals surface area contributed by atoms with Gasteiger partial charge in [0.15, 0.2) is 0 Å². The second-order valence-electron chi connectivity index (χ2n) is 9.55. The van der Waals surface area contributed by atoms with Crippen molar-refractivity contribution in [3.63, 3.8) is 0 Å². The van der Waals surface area contributed by atoms with Gasteiger partial charge in [-0.2, -0.15) is 9.41 Å². The monoisotopic (exact) mass is 491 g/mol. The first-order valence-corrected chi connectivity index (χ1v) is 13.0. The molecule has 0 aliphatic carbocycles. The van der Waals surface area contributed by atoms with Gasteiger partial charge in [-0.25, -0.2) is 13.8 Å². The van der Waals surface area contributed by atoms with Crippen LogP contribution in [0.15, 0.2) is 88.9 Å². The van der Waals surface area contributed by atoms with Crippen LogP contribution in [0.1, 0.15) is 43.0 Å².